The Balaban J connectivity index is 1.58. The van der Waals surface area contributed by atoms with Crippen LogP contribution in [0.1, 0.15) is 50.4 Å². The first-order chi connectivity index (χ1) is 16.4. The van der Waals surface area contributed by atoms with E-state index in [0.29, 0.717) is 24.2 Å². The molecular weight excluding hydrogens is 456 g/mol. The maximum atomic E-state index is 13.5. The van der Waals surface area contributed by atoms with E-state index in [9.17, 15) is 29.8 Å². The predicted molar refractivity (Wildman–Crippen MR) is 126 cm³/mol. The topological polar surface area (TPSA) is 154 Å². The van der Waals surface area contributed by atoms with Crippen molar-refractivity contribution in [1.82, 2.24) is 0 Å². The number of benzene rings is 2. The van der Waals surface area contributed by atoms with E-state index in [1.54, 1.807) is 6.07 Å². The molecule has 2 aromatic rings. The number of non-ortho nitro benzene ring substituents is 2. The Morgan fingerprint density at radius 1 is 0.971 bits per heavy atom. The van der Waals surface area contributed by atoms with E-state index in [0.717, 1.165) is 6.07 Å². The number of carbonyl (C=O) groups is 2. The number of carbonyl (C=O) groups excluding carboxylic acids is 2. The number of hydrogen-bond donors (Lipinski definition) is 1. The van der Waals surface area contributed by atoms with Crippen LogP contribution in [0.25, 0.3) is 0 Å². The Hall–Kier alpha value is -4.15. The van der Waals surface area contributed by atoms with Crippen molar-refractivity contribution in [2.24, 2.45) is 21.4 Å². The first-order valence-corrected chi connectivity index (χ1v) is 11.0. The molecule has 2 bridgehead atoms. The molecule has 2 unspecified atom stereocenters. The van der Waals surface area contributed by atoms with Crippen molar-refractivity contribution in [1.29, 1.82) is 0 Å². The molecule has 35 heavy (non-hydrogen) atoms. The third-order valence-corrected chi connectivity index (χ3v) is 8.01. The minimum Gasteiger partial charge on any atom is -0.325 e. The number of anilines is 1. The second-order valence-corrected chi connectivity index (χ2v) is 9.70. The van der Waals surface area contributed by atoms with E-state index in [2.05, 4.69) is 10.5 Å². The number of nitro benzene ring substituents is 2. The van der Waals surface area contributed by atoms with E-state index in [1.807, 2.05) is 20.8 Å². The molecule has 0 heterocycles. The second kappa shape index (κ2) is 8.26. The molecule has 0 aliphatic heterocycles. The second-order valence-electron chi connectivity index (χ2n) is 9.70. The lowest BCUT2D eigenvalue weighted by Crippen LogP contribution is -2.43. The van der Waals surface area contributed by atoms with Gasteiger partial charge in [0.05, 0.1) is 26.5 Å². The third-order valence-electron chi connectivity index (χ3n) is 8.01. The summed E-state index contributed by atoms with van der Waals surface area (Å²) >= 11 is 0. The zero-order valence-electron chi connectivity index (χ0n) is 19.4. The van der Waals surface area contributed by atoms with Crippen LogP contribution >= 0.6 is 0 Å². The van der Waals surface area contributed by atoms with Crippen LogP contribution in [0.3, 0.4) is 0 Å². The fraction of sp³-hybridized carbons (Fsp3) is 0.375. The summed E-state index contributed by atoms with van der Waals surface area (Å²) in [7, 11) is 0. The van der Waals surface area contributed by atoms with Gasteiger partial charge in [0, 0.05) is 41.8 Å². The van der Waals surface area contributed by atoms with E-state index in [1.165, 1.54) is 36.4 Å². The standard InChI is InChI=1S/C24H24N4O7/c1-22(2)23(3)10-11-24(22,21(30)25-16-7-5-9-18(13-16)28(33)34)14-19(23)26-35-20(29)15-6-4-8-17(12-15)27(31)32/h4-9,12-13H,10-11,14H2,1-3H3,(H,25,30)/b26-19+. The molecule has 0 saturated heterocycles. The highest BCUT2D eigenvalue weighted by atomic mass is 16.7. The molecule has 11 heteroatoms. The fourth-order valence-electron chi connectivity index (χ4n) is 5.37. The zero-order valence-corrected chi connectivity index (χ0v) is 19.4. The molecule has 0 radical (unpaired) electrons. The van der Waals surface area contributed by atoms with E-state index in [-0.39, 0.29) is 29.3 Å². The van der Waals surface area contributed by atoms with Gasteiger partial charge in [-0.05, 0) is 30.4 Å². The van der Waals surface area contributed by atoms with Crippen molar-refractivity contribution in [2.75, 3.05) is 5.32 Å². The van der Waals surface area contributed by atoms with Crippen LogP contribution in [0, 0.1) is 36.5 Å². The number of nitrogens with one attached hydrogen (secondary N) is 1. The van der Waals surface area contributed by atoms with Crippen molar-refractivity contribution in [3.05, 3.63) is 74.3 Å². The molecule has 0 spiro atoms. The average molecular weight is 480 g/mol. The molecule has 11 nitrogen and oxygen atoms in total. The van der Waals surface area contributed by atoms with Crippen LogP contribution in [-0.2, 0) is 9.63 Å². The number of oxime groups is 1. The van der Waals surface area contributed by atoms with E-state index < -0.39 is 32.1 Å². The maximum absolute atomic E-state index is 13.5. The fourth-order valence-corrected chi connectivity index (χ4v) is 5.37. The van der Waals surface area contributed by atoms with E-state index in [4.69, 9.17) is 4.84 Å². The van der Waals surface area contributed by atoms with Gasteiger partial charge in [-0.1, -0.05) is 38.1 Å². The molecule has 0 aromatic heterocycles. The number of fused-ring (bicyclic) bond motifs is 2. The van der Waals surface area contributed by atoms with Gasteiger partial charge in [-0.25, -0.2) is 4.79 Å². The molecule has 182 valence electrons. The van der Waals surface area contributed by atoms with Crippen LogP contribution in [0.5, 0.6) is 0 Å². The number of hydrogen-bond acceptors (Lipinski definition) is 8. The van der Waals surface area contributed by atoms with Gasteiger partial charge in [-0.3, -0.25) is 25.0 Å². The maximum Gasteiger partial charge on any atom is 0.365 e. The number of nitrogens with zero attached hydrogens (tertiary/aromatic N) is 3. The molecular formula is C24H24N4O7. The van der Waals surface area contributed by atoms with Crippen molar-refractivity contribution >= 4 is 34.7 Å². The van der Waals surface area contributed by atoms with Crippen LogP contribution in [0.15, 0.2) is 53.7 Å². The van der Waals surface area contributed by atoms with E-state index >= 15 is 0 Å². The smallest absolute Gasteiger partial charge is 0.325 e. The minimum atomic E-state index is -0.858. The zero-order chi connectivity index (χ0) is 25.6. The quantitative estimate of drug-likeness (QED) is 0.351. The number of nitro groups is 2. The van der Waals surface area contributed by atoms with Crippen molar-refractivity contribution in [2.45, 2.75) is 40.0 Å². The molecule has 4 rings (SSSR count). The van der Waals surface area contributed by atoms with Crippen LogP contribution in [-0.4, -0.2) is 27.4 Å². The first-order valence-electron chi connectivity index (χ1n) is 11.0. The van der Waals surface area contributed by atoms with Crippen molar-refractivity contribution in [3.63, 3.8) is 0 Å². The van der Waals surface area contributed by atoms with Crippen LogP contribution in [0.4, 0.5) is 17.1 Å². The lowest BCUT2D eigenvalue weighted by Gasteiger charge is -2.39. The van der Waals surface area contributed by atoms with Gasteiger partial charge < -0.3 is 10.2 Å². The molecule has 2 aromatic carbocycles. The summed E-state index contributed by atoms with van der Waals surface area (Å²) in [6.07, 6.45) is 1.46. The van der Waals surface area contributed by atoms with Crippen LogP contribution < -0.4 is 5.32 Å². The highest BCUT2D eigenvalue weighted by Gasteiger charge is 2.71. The largest absolute Gasteiger partial charge is 0.365 e. The Bertz CT molecular complexity index is 1290. The van der Waals surface area contributed by atoms with Gasteiger partial charge in [-0.2, -0.15) is 0 Å². The summed E-state index contributed by atoms with van der Waals surface area (Å²) in [5.74, 6) is -1.11. The summed E-state index contributed by atoms with van der Waals surface area (Å²) in [4.78, 5) is 52.1. The highest BCUT2D eigenvalue weighted by Crippen LogP contribution is 2.71. The monoisotopic (exact) mass is 480 g/mol. The van der Waals surface area contributed by atoms with Crippen LogP contribution in [0.2, 0.25) is 0 Å². The Labute approximate surface area is 200 Å². The summed E-state index contributed by atoms with van der Waals surface area (Å²) in [5, 5.41) is 29.0. The van der Waals surface area contributed by atoms with Gasteiger partial charge in [0.1, 0.15) is 0 Å². The lowest BCUT2D eigenvalue weighted by molar-refractivity contribution is -0.385. The molecule has 2 aliphatic carbocycles. The summed E-state index contributed by atoms with van der Waals surface area (Å²) in [6, 6.07) is 10.9. The summed E-state index contributed by atoms with van der Waals surface area (Å²) in [6.45, 7) is 5.91. The van der Waals surface area contributed by atoms with Crippen molar-refractivity contribution in [3.8, 4) is 0 Å². The molecule has 2 atom stereocenters. The molecule has 1 amide bonds. The van der Waals surface area contributed by atoms with Gasteiger partial charge in [0.2, 0.25) is 5.91 Å². The average Bonchev–Trinajstić information content (AvgIpc) is 3.13. The van der Waals surface area contributed by atoms with Gasteiger partial charge in [0.25, 0.3) is 11.4 Å². The Kier molecular flexibility index (Phi) is 5.66. The van der Waals surface area contributed by atoms with Gasteiger partial charge >= 0.3 is 5.97 Å². The molecule has 2 fully saturated rings. The molecule has 2 saturated carbocycles. The Morgan fingerprint density at radius 3 is 2.26 bits per heavy atom. The normalized spacial score (nSPS) is 25.3. The third kappa shape index (κ3) is 3.72. The van der Waals surface area contributed by atoms with Gasteiger partial charge in [0.15, 0.2) is 0 Å². The highest BCUT2D eigenvalue weighted by molar-refractivity contribution is 6.06. The Morgan fingerprint density at radius 2 is 1.60 bits per heavy atom. The minimum absolute atomic E-state index is 0.00533. The predicted octanol–water partition coefficient (Wildman–Crippen LogP) is 4.87. The lowest BCUT2D eigenvalue weighted by atomic mass is 9.64. The molecule has 2 aliphatic rings. The SMILES string of the molecule is CC12CCC(C(=O)Nc3cccc([N+](=O)[O-])c3)(C/C1=N\OC(=O)c1cccc([N+](=O)[O-])c1)C2(C)C. The number of rotatable bonds is 6. The summed E-state index contributed by atoms with van der Waals surface area (Å²) in [5.41, 5.74) is -1.43. The van der Waals surface area contributed by atoms with Crippen molar-refractivity contribution < 1.29 is 24.3 Å². The first kappa shape index (κ1) is 24.0. The van der Waals surface area contributed by atoms with Gasteiger partial charge in [-0.15, -0.1) is 0 Å². The summed E-state index contributed by atoms with van der Waals surface area (Å²) < 4.78 is 0. The number of amides is 1. The molecule has 1 N–H and O–H groups in total.